The first-order chi connectivity index (χ1) is 11.1. The van der Waals surface area contributed by atoms with Crippen molar-refractivity contribution in [3.63, 3.8) is 0 Å². The molecule has 2 aliphatic rings. The van der Waals surface area contributed by atoms with Crippen molar-refractivity contribution in [2.45, 2.75) is 65.7 Å². The van der Waals surface area contributed by atoms with Gasteiger partial charge in [-0.05, 0) is 55.2 Å². The predicted molar refractivity (Wildman–Crippen MR) is 95.3 cm³/mol. The highest BCUT2D eigenvalue weighted by molar-refractivity contribution is 5.79. The Bertz CT molecular complexity index is 488. The Kier molecular flexibility index (Phi) is 6.20. The minimum Gasteiger partial charge on any atom is -0.342 e. The summed E-state index contributed by atoms with van der Waals surface area (Å²) in [5.74, 6) is 1.17. The molecule has 3 nitrogen and oxygen atoms in total. The second-order valence-electron chi connectivity index (χ2n) is 7.49. The second-order valence-corrected chi connectivity index (χ2v) is 7.49. The van der Waals surface area contributed by atoms with Crippen LogP contribution in [-0.2, 0) is 4.79 Å². The van der Waals surface area contributed by atoms with E-state index in [1.54, 1.807) is 0 Å². The van der Waals surface area contributed by atoms with E-state index in [9.17, 15) is 4.79 Å². The summed E-state index contributed by atoms with van der Waals surface area (Å²) in [5.41, 5.74) is 1.76. The zero-order valence-corrected chi connectivity index (χ0v) is 15.2. The molecule has 23 heavy (non-hydrogen) atoms. The minimum atomic E-state index is 0.272. The summed E-state index contributed by atoms with van der Waals surface area (Å²) in [7, 11) is 0. The third-order valence-corrected chi connectivity index (χ3v) is 5.37. The van der Waals surface area contributed by atoms with Crippen LogP contribution in [0.25, 0.3) is 0 Å². The molecule has 2 fully saturated rings. The van der Waals surface area contributed by atoms with Gasteiger partial charge in [0.2, 0.25) is 5.91 Å². The van der Waals surface area contributed by atoms with Crippen LogP contribution in [0, 0.1) is 11.3 Å². The molecule has 1 atom stereocenters. The lowest BCUT2D eigenvalue weighted by atomic mass is 9.73. The van der Waals surface area contributed by atoms with Gasteiger partial charge in [0.25, 0.3) is 0 Å². The molecule has 1 unspecified atom stereocenters. The van der Waals surface area contributed by atoms with Gasteiger partial charge >= 0.3 is 0 Å². The molecule has 0 aromatic carbocycles. The summed E-state index contributed by atoms with van der Waals surface area (Å²) in [6.07, 6.45) is 9.31. The maximum atomic E-state index is 12.7. The number of carbonyl (C=O) groups excluding carboxylic acids is 1. The van der Waals surface area contributed by atoms with Gasteiger partial charge in [0.15, 0.2) is 0 Å². The van der Waals surface area contributed by atoms with Gasteiger partial charge in [0.05, 0.1) is 0 Å². The van der Waals surface area contributed by atoms with E-state index in [2.05, 4.69) is 35.9 Å². The summed E-state index contributed by atoms with van der Waals surface area (Å²) in [5, 5.41) is 0. The van der Waals surface area contributed by atoms with E-state index < -0.39 is 0 Å². The molecule has 0 radical (unpaired) electrons. The molecule has 0 spiro atoms. The quantitative estimate of drug-likeness (QED) is 0.796. The van der Waals surface area contributed by atoms with Crippen molar-refractivity contribution in [2.24, 2.45) is 11.3 Å². The standard InChI is InChI=1S/C18H26N2O.C2H6/c1-18(2)8-3-15(4-9-18)17(21)20-12-7-16(13-20)14-5-10-19-11-6-14;1-2/h5-6,10-11,15-16H,3-4,7-9,12-13H2,1-2H3;1-2H3. The monoisotopic (exact) mass is 316 g/mol. The van der Waals surface area contributed by atoms with Crippen molar-refractivity contribution in [2.75, 3.05) is 13.1 Å². The van der Waals surface area contributed by atoms with Gasteiger partial charge in [-0.15, -0.1) is 0 Å². The smallest absolute Gasteiger partial charge is 0.225 e. The molecule has 1 aromatic heterocycles. The van der Waals surface area contributed by atoms with Crippen molar-refractivity contribution >= 4 is 5.91 Å². The van der Waals surface area contributed by atoms with Gasteiger partial charge in [-0.3, -0.25) is 9.78 Å². The molecule has 1 saturated heterocycles. The number of nitrogens with zero attached hydrogens (tertiary/aromatic N) is 2. The van der Waals surface area contributed by atoms with Gasteiger partial charge in [-0.1, -0.05) is 27.7 Å². The number of rotatable bonds is 2. The first kappa shape index (κ1) is 18.0. The molecule has 0 N–H and O–H groups in total. The van der Waals surface area contributed by atoms with Crippen LogP contribution >= 0.6 is 0 Å². The highest BCUT2D eigenvalue weighted by Crippen LogP contribution is 2.39. The number of hydrogen-bond acceptors (Lipinski definition) is 2. The van der Waals surface area contributed by atoms with Crippen LogP contribution in [0.5, 0.6) is 0 Å². The number of amides is 1. The van der Waals surface area contributed by atoms with Crippen LogP contribution in [0.2, 0.25) is 0 Å². The Morgan fingerprint density at radius 3 is 2.35 bits per heavy atom. The Morgan fingerprint density at radius 2 is 1.74 bits per heavy atom. The fourth-order valence-electron chi connectivity index (χ4n) is 3.77. The Hall–Kier alpha value is -1.38. The zero-order chi connectivity index (χ0) is 16.9. The number of likely N-dealkylation sites (tertiary alicyclic amines) is 1. The normalized spacial score (nSPS) is 24.0. The summed E-state index contributed by atoms with van der Waals surface area (Å²) >= 11 is 0. The Morgan fingerprint density at radius 1 is 1.13 bits per heavy atom. The molecule has 2 heterocycles. The molecule has 1 aliphatic heterocycles. The van der Waals surface area contributed by atoms with Gasteiger partial charge in [0, 0.05) is 37.3 Å². The summed E-state index contributed by atoms with van der Waals surface area (Å²) in [6, 6.07) is 4.17. The molecule has 1 amide bonds. The molecular weight excluding hydrogens is 284 g/mol. The largest absolute Gasteiger partial charge is 0.342 e. The predicted octanol–water partition coefficient (Wildman–Crippen LogP) is 4.64. The highest BCUT2D eigenvalue weighted by atomic mass is 16.2. The van der Waals surface area contributed by atoms with Gasteiger partial charge in [-0.25, -0.2) is 0 Å². The number of hydrogen-bond donors (Lipinski definition) is 0. The molecule has 0 bridgehead atoms. The first-order valence-corrected chi connectivity index (χ1v) is 9.24. The van der Waals surface area contributed by atoms with Crippen LogP contribution in [0.3, 0.4) is 0 Å². The van der Waals surface area contributed by atoms with Gasteiger partial charge in [-0.2, -0.15) is 0 Å². The highest BCUT2D eigenvalue weighted by Gasteiger charge is 2.35. The molecule has 1 saturated carbocycles. The van der Waals surface area contributed by atoms with Crippen LogP contribution in [0.4, 0.5) is 0 Å². The third-order valence-electron chi connectivity index (χ3n) is 5.37. The summed E-state index contributed by atoms with van der Waals surface area (Å²) in [4.78, 5) is 18.9. The van der Waals surface area contributed by atoms with E-state index in [1.165, 1.54) is 18.4 Å². The number of aromatic nitrogens is 1. The van der Waals surface area contributed by atoms with E-state index in [-0.39, 0.29) is 5.92 Å². The number of pyridine rings is 1. The molecule has 1 aromatic rings. The van der Waals surface area contributed by atoms with Gasteiger partial charge < -0.3 is 4.90 Å². The second kappa shape index (κ2) is 7.94. The van der Waals surface area contributed by atoms with Crippen LogP contribution in [-0.4, -0.2) is 28.9 Å². The van der Waals surface area contributed by atoms with Crippen molar-refractivity contribution < 1.29 is 4.79 Å². The fraction of sp³-hybridized carbons (Fsp3) is 0.700. The third kappa shape index (κ3) is 4.55. The molecule has 3 rings (SSSR count). The summed E-state index contributed by atoms with van der Waals surface area (Å²) in [6.45, 7) is 10.5. The zero-order valence-electron chi connectivity index (χ0n) is 15.2. The van der Waals surface area contributed by atoms with Crippen LogP contribution in [0.1, 0.15) is 71.3 Å². The topological polar surface area (TPSA) is 33.2 Å². The minimum absolute atomic E-state index is 0.272. The lowest BCUT2D eigenvalue weighted by Crippen LogP contribution is -2.37. The van der Waals surface area contributed by atoms with Crippen LogP contribution < -0.4 is 0 Å². The molecule has 128 valence electrons. The SMILES string of the molecule is CC.CC1(C)CCC(C(=O)N2CCC(c3ccncc3)C2)CC1. The Balaban J connectivity index is 0.000000924. The van der Waals surface area contributed by atoms with E-state index in [1.807, 2.05) is 26.2 Å². The average Bonchev–Trinajstić information content (AvgIpc) is 3.07. The van der Waals surface area contributed by atoms with Crippen molar-refractivity contribution in [3.05, 3.63) is 30.1 Å². The van der Waals surface area contributed by atoms with E-state index in [0.717, 1.165) is 32.4 Å². The first-order valence-electron chi connectivity index (χ1n) is 9.24. The maximum absolute atomic E-state index is 12.7. The van der Waals surface area contributed by atoms with E-state index in [0.29, 0.717) is 17.2 Å². The average molecular weight is 316 g/mol. The molecule has 3 heteroatoms. The van der Waals surface area contributed by atoms with Crippen molar-refractivity contribution in [3.8, 4) is 0 Å². The van der Waals surface area contributed by atoms with Gasteiger partial charge in [0.1, 0.15) is 0 Å². The lowest BCUT2D eigenvalue weighted by Gasteiger charge is -2.35. The molecular formula is C20H32N2O. The lowest BCUT2D eigenvalue weighted by molar-refractivity contribution is -0.136. The summed E-state index contributed by atoms with van der Waals surface area (Å²) < 4.78 is 0. The number of carbonyl (C=O) groups is 1. The van der Waals surface area contributed by atoms with Crippen LogP contribution in [0.15, 0.2) is 24.5 Å². The fourth-order valence-corrected chi connectivity index (χ4v) is 3.77. The van der Waals surface area contributed by atoms with Crippen molar-refractivity contribution in [1.82, 2.24) is 9.88 Å². The van der Waals surface area contributed by atoms with Crippen molar-refractivity contribution in [1.29, 1.82) is 0 Å². The van der Waals surface area contributed by atoms with E-state index in [4.69, 9.17) is 0 Å². The van der Waals surface area contributed by atoms with E-state index >= 15 is 0 Å². The Labute approximate surface area is 141 Å². The maximum Gasteiger partial charge on any atom is 0.225 e. The molecule has 1 aliphatic carbocycles.